The zero-order valence-corrected chi connectivity index (χ0v) is 21.5. The summed E-state index contributed by atoms with van der Waals surface area (Å²) < 4.78 is 0.278. The van der Waals surface area contributed by atoms with E-state index in [2.05, 4.69) is 33.5 Å². The summed E-state index contributed by atoms with van der Waals surface area (Å²) in [4.78, 5) is 39.6. The van der Waals surface area contributed by atoms with Crippen molar-refractivity contribution in [2.45, 2.75) is 35.8 Å². The predicted octanol–water partition coefficient (Wildman–Crippen LogP) is 5.56. The van der Waals surface area contributed by atoms with Crippen molar-refractivity contribution in [3.8, 4) is 0 Å². The van der Waals surface area contributed by atoms with Crippen molar-refractivity contribution in [1.82, 2.24) is 14.9 Å². The molecule has 6 rings (SSSR count). The molecule has 1 spiro atoms. The maximum Gasteiger partial charge on any atom is 0.260 e. The van der Waals surface area contributed by atoms with Crippen molar-refractivity contribution in [1.29, 1.82) is 0 Å². The Morgan fingerprint density at radius 2 is 1.77 bits per heavy atom. The van der Waals surface area contributed by atoms with Crippen LogP contribution in [0.3, 0.4) is 0 Å². The Labute approximate surface area is 217 Å². The molecule has 35 heavy (non-hydrogen) atoms. The van der Waals surface area contributed by atoms with E-state index in [0.717, 1.165) is 36.9 Å². The third-order valence-electron chi connectivity index (χ3n) is 7.10. The Morgan fingerprint density at radius 1 is 1.03 bits per heavy atom. The monoisotopic (exact) mass is 524 g/mol. The predicted molar refractivity (Wildman–Crippen MR) is 143 cm³/mol. The summed E-state index contributed by atoms with van der Waals surface area (Å²) in [6, 6.07) is 14.4. The van der Waals surface area contributed by atoms with Gasteiger partial charge in [0.05, 0.1) is 16.5 Å². The first kappa shape index (κ1) is 23.1. The maximum absolute atomic E-state index is 13.5. The summed E-state index contributed by atoms with van der Waals surface area (Å²) in [5.41, 5.74) is 1.98. The Hall–Kier alpha value is -2.29. The Kier molecular flexibility index (Phi) is 6.15. The molecule has 3 aromatic rings. The first-order valence-corrected chi connectivity index (χ1v) is 14.3. The van der Waals surface area contributed by atoms with Crippen molar-refractivity contribution < 1.29 is 9.59 Å². The van der Waals surface area contributed by atoms with Gasteiger partial charge in [0.2, 0.25) is 5.91 Å². The molecule has 180 valence electrons. The SMILES string of the molecule is O=C(CC1c2ccccc2C(=O)N1c1ccc2ccc(Cl)nc2n1)N1CCC2(CC1)SCCCS2. The number of carbonyl (C=O) groups is 2. The number of aromatic nitrogens is 2. The molecule has 3 aliphatic rings. The van der Waals surface area contributed by atoms with E-state index in [1.54, 1.807) is 11.0 Å². The zero-order chi connectivity index (χ0) is 24.0. The van der Waals surface area contributed by atoms with Crippen LogP contribution in [0.1, 0.15) is 47.6 Å². The van der Waals surface area contributed by atoms with E-state index in [1.165, 1.54) is 17.9 Å². The second-order valence-electron chi connectivity index (χ2n) is 9.17. The van der Waals surface area contributed by atoms with Gasteiger partial charge in [0.15, 0.2) is 5.65 Å². The Bertz CT molecular complexity index is 1300. The van der Waals surface area contributed by atoms with E-state index < -0.39 is 6.04 Å². The molecule has 5 heterocycles. The number of nitrogens with zero attached hydrogens (tertiary/aromatic N) is 4. The number of halogens is 1. The van der Waals surface area contributed by atoms with Crippen molar-refractivity contribution in [2.24, 2.45) is 0 Å². The van der Waals surface area contributed by atoms with Crippen LogP contribution in [0.2, 0.25) is 5.15 Å². The zero-order valence-electron chi connectivity index (χ0n) is 19.2. The molecule has 2 saturated heterocycles. The summed E-state index contributed by atoms with van der Waals surface area (Å²) >= 11 is 10.2. The van der Waals surface area contributed by atoms with Gasteiger partial charge in [0.25, 0.3) is 5.91 Å². The number of thioether (sulfide) groups is 2. The lowest BCUT2D eigenvalue weighted by Gasteiger charge is -2.43. The van der Waals surface area contributed by atoms with Crippen LogP contribution in [0.15, 0.2) is 48.5 Å². The number of fused-ring (bicyclic) bond motifs is 2. The van der Waals surface area contributed by atoms with E-state index in [4.69, 9.17) is 11.6 Å². The van der Waals surface area contributed by atoms with E-state index in [9.17, 15) is 9.59 Å². The topological polar surface area (TPSA) is 66.4 Å². The average molecular weight is 525 g/mol. The van der Waals surface area contributed by atoms with E-state index >= 15 is 0 Å². The van der Waals surface area contributed by atoms with Crippen molar-refractivity contribution in [3.63, 3.8) is 0 Å². The largest absolute Gasteiger partial charge is 0.342 e. The van der Waals surface area contributed by atoms with E-state index in [-0.39, 0.29) is 22.3 Å². The molecule has 0 saturated carbocycles. The van der Waals surface area contributed by atoms with Gasteiger partial charge in [0, 0.05) is 24.0 Å². The number of benzene rings is 1. The summed E-state index contributed by atoms with van der Waals surface area (Å²) in [7, 11) is 0. The molecule has 0 bridgehead atoms. The Morgan fingerprint density at radius 3 is 2.57 bits per heavy atom. The molecule has 0 N–H and O–H groups in total. The van der Waals surface area contributed by atoms with Crippen LogP contribution in [-0.2, 0) is 4.79 Å². The van der Waals surface area contributed by atoms with Gasteiger partial charge in [-0.15, -0.1) is 23.5 Å². The number of pyridine rings is 2. The molecule has 2 fully saturated rings. The molecule has 9 heteroatoms. The average Bonchev–Trinajstić information content (AvgIpc) is 3.16. The molecule has 2 amide bonds. The van der Waals surface area contributed by atoms with Gasteiger partial charge in [-0.1, -0.05) is 29.8 Å². The third kappa shape index (κ3) is 4.30. The van der Waals surface area contributed by atoms with Crippen LogP contribution in [0, 0.1) is 0 Å². The third-order valence-corrected chi connectivity index (χ3v) is 10.9. The fourth-order valence-electron chi connectivity index (χ4n) is 5.25. The lowest BCUT2D eigenvalue weighted by molar-refractivity contribution is -0.132. The van der Waals surface area contributed by atoms with Crippen molar-refractivity contribution in [2.75, 3.05) is 29.5 Å². The van der Waals surface area contributed by atoms with Gasteiger partial charge in [-0.05, 0) is 66.7 Å². The number of rotatable bonds is 3. The summed E-state index contributed by atoms with van der Waals surface area (Å²) in [5.74, 6) is 2.87. The number of hydrogen-bond donors (Lipinski definition) is 0. The van der Waals surface area contributed by atoms with Crippen LogP contribution in [0.4, 0.5) is 5.82 Å². The van der Waals surface area contributed by atoms with Crippen LogP contribution in [0.25, 0.3) is 11.0 Å². The molecule has 1 aromatic carbocycles. The van der Waals surface area contributed by atoms with Crippen LogP contribution in [-0.4, -0.2) is 55.4 Å². The van der Waals surface area contributed by atoms with Gasteiger partial charge in [-0.2, -0.15) is 0 Å². The van der Waals surface area contributed by atoms with Crippen LogP contribution >= 0.6 is 35.1 Å². The van der Waals surface area contributed by atoms with Gasteiger partial charge in [0.1, 0.15) is 11.0 Å². The molecular formula is C26H25ClN4O2S2. The highest BCUT2D eigenvalue weighted by Crippen LogP contribution is 2.49. The van der Waals surface area contributed by atoms with Gasteiger partial charge in [-0.3, -0.25) is 14.5 Å². The summed E-state index contributed by atoms with van der Waals surface area (Å²) in [6.07, 6.45) is 3.56. The molecule has 1 unspecified atom stereocenters. The minimum Gasteiger partial charge on any atom is -0.342 e. The summed E-state index contributed by atoms with van der Waals surface area (Å²) in [6.45, 7) is 1.55. The summed E-state index contributed by atoms with van der Waals surface area (Å²) in [5, 5.41) is 1.19. The number of piperidine rings is 1. The fraction of sp³-hybridized carbons (Fsp3) is 0.385. The first-order chi connectivity index (χ1) is 17.0. The molecular weight excluding hydrogens is 500 g/mol. The number of anilines is 1. The highest BCUT2D eigenvalue weighted by Gasteiger charge is 2.42. The minimum absolute atomic E-state index is 0.0899. The number of amides is 2. The highest BCUT2D eigenvalue weighted by molar-refractivity contribution is 8.18. The first-order valence-electron chi connectivity index (χ1n) is 11.9. The van der Waals surface area contributed by atoms with Crippen molar-refractivity contribution in [3.05, 3.63) is 64.8 Å². The van der Waals surface area contributed by atoms with Gasteiger partial charge < -0.3 is 4.90 Å². The maximum atomic E-state index is 13.5. The number of carbonyl (C=O) groups excluding carboxylic acids is 2. The molecule has 6 nitrogen and oxygen atoms in total. The van der Waals surface area contributed by atoms with Crippen LogP contribution in [0.5, 0.6) is 0 Å². The van der Waals surface area contributed by atoms with Gasteiger partial charge >= 0.3 is 0 Å². The molecule has 0 radical (unpaired) electrons. The lowest BCUT2D eigenvalue weighted by Crippen LogP contribution is -2.45. The lowest BCUT2D eigenvalue weighted by atomic mass is 10.0. The van der Waals surface area contributed by atoms with Gasteiger partial charge in [-0.25, -0.2) is 9.97 Å². The quantitative estimate of drug-likeness (QED) is 0.418. The number of likely N-dealkylation sites (tertiary alicyclic amines) is 1. The van der Waals surface area contributed by atoms with Crippen LogP contribution < -0.4 is 4.90 Å². The highest BCUT2D eigenvalue weighted by atomic mass is 35.5. The van der Waals surface area contributed by atoms with E-state index in [0.29, 0.717) is 22.2 Å². The number of hydrogen-bond acceptors (Lipinski definition) is 6. The fourth-order valence-corrected chi connectivity index (χ4v) is 8.68. The molecule has 1 atom stereocenters. The molecule has 2 aromatic heterocycles. The standard InChI is InChI=1S/C26H25ClN4O2S2/c27-21-8-6-17-7-9-22(29-24(17)28-21)31-20(18-4-1-2-5-19(18)25(31)33)16-23(32)30-12-10-26(11-13-30)34-14-3-15-35-26/h1-2,4-9,20H,3,10-16H2. The van der Waals surface area contributed by atoms with E-state index in [1.807, 2.05) is 47.4 Å². The van der Waals surface area contributed by atoms with Crippen molar-refractivity contribution >= 4 is 63.8 Å². The Balaban J connectivity index is 1.27. The second kappa shape index (κ2) is 9.30. The molecule has 0 aliphatic carbocycles. The second-order valence-corrected chi connectivity index (χ2v) is 12.8. The minimum atomic E-state index is -0.398. The molecule has 3 aliphatic heterocycles. The normalized spacial score (nSPS) is 21.5. The smallest absolute Gasteiger partial charge is 0.260 e.